The molecule has 1 aromatic heterocycles. The maximum Gasteiger partial charge on any atom is 0.107 e. The largest absolute Gasteiger partial charge is 0.310 e. The molecular weight excluding hydrogens is 266 g/mol. The summed E-state index contributed by atoms with van der Waals surface area (Å²) in [5.41, 5.74) is 1.56. The van der Waals surface area contributed by atoms with Crippen molar-refractivity contribution in [2.45, 2.75) is 71.5 Å². The normalized spacial score (nSPS) is 24.6. The van der Waals surface area contributed by atoms with E-state index >= 15 is 0 Å². The minimum atomic E-state index is 0.153. The van der Waals surface area contributed by atoms with Gasteiger partial charge in [-0.1, -0.05) is 20.8 Å². The number of thiazole rings is 1. The molecular formula is C16H29N3S. The molecule has 4 heteroatoms. The zero-order chi connectivity index (χ0) is 15.0. The van der Waals surface area contributed by atoms with E-state index in [-0.39, 0.29) is 11.0 Å². The Bertz CT molecular complexity index is 445. The molecule has 1 atom stereocenters. The summed E-state index contributed by atoms with van der Waals surface area (Å²) in [6.45, 7) is 16.8. The molecule has 114 valence electrons. The van der Waals surface area contributed by atoms with E-state index in [9.17, 15) is 0 Å². The maximum atomic E-state index is 4.84. The van der Waals surface area contributed by atoms with E-state index in [1.807, 2.05) is 0 Å². The van der Waals surface area contributed by atoms with Crippen LogP contribution in [0.4, 0.5) is 0 Å². The van der Waals surface area contributed by atoms with E-state index in [0.29, 0.717) is 6.04 Å². The lowest BCUT2D eigenvalue weighted by Crippen LogP contribution is -2.47. The fourth-order valence-electron chi connectivity index (χ4n) is 2.63. The summed E-state index contributed by atoms with van der Waals surface area (Å²) in [7, 11) is 0. The van der Waals surface area contributed by atoms with Crippen LogP contribution in [-0.2, 0) is 12.0 Å². The number of aromatic nitrogens is 1. The van der Waals surface area contributed by atoms with Gasteiger partial charge in [-0.2, -0.15) is 0 Å². The second-order valence-corrected chi connectivity index (χ2v) is 8.67. The SMILES string of the molecule is CC1CCNC(C)(C)CN1Cc1nc(C(C)(C)C)cs1. The Hall–Kier alpha value is -0.450. The van der Waals surface area contributed by atoms with Gasteiger partial charge in [0.2, 0.25) is 0 Å². The lowest BCUT2D eigenvalue weighted by molar-refractivity contribution is 0.172. The number of rotatable bonds is 2. The van der Waals surface area contributed by atoms with Crippen molar-refractivity contribution >= 4 is 11.3 Å². The zero-order valence-electron chi connectivity index (χ0n) is 13.8. The Kier molecular flexibility index (Phi) is 4.57. The first kappa shape index (κ1) is 15.9. The molecule has 0 radical (unpaired) electrons. The molecule has 0 aliphatic carbocycles. The van der Waals surface area contributed by atoms with Crippen LogP contribution in [0.25, 0.3) is 0 Å². The minimum Gasteiger partial charge on any atom is -0.310 e. The fourth-order valence-corrected chi connectivity index (χ4v) is 3.68. The van der Waals surface area contributed by atoms with Gasteiger partial charge in [0, 0.05) is 28.9 Å². The average molecular weight is 295 g/mol. The highest BCUT2D eigenvalue weighted by atomic mass is 32.1. The van der Waals surface area contributed by atoms with Gasteiger partial charge in [0.1, 0.15) is 5.01 Å². The molecule has 1 N–H and O–H groups in total. The van der Waals surface area contributed by atoms with Crippen LogP contribution in [0.3, 0.4) is 0 Å². The van der Waals surface area contributed by atoms with E-state index in [0.717, 1.165) is 19.6 Å². The van der Waals surface area contributed by atoms with Crippen LogP contribution in [0, 0.1) is 0 Å². The minimum absolute atomic E-state index is 0.153. The van der Waals surface area contributed by atoms with Gasteiger partial charge in [-0.3, -0.25) is 4.90 Å². The van der Waals surface area contributed by atoms with Gasteiger partial charge in [-0.05, 0) is 33.7 Å². The summed E-state index contributed by atoms with van der Waals surface area (Å²) < 4.78 is 0. The highest BCUT2D eigenvalue weighted by molar-refractivity contribution is 7.09. The van der Waals surface area contributed by atoms with E-state index in [2.05, 4.69) is 57.1 Å². The summed E-state index contributed by atoms with van der Waals surface area (Å²) in [6.07, 6.45) is 1.21. The Labute approximate surface area is 127 Å². The lowest BCUT2D eigenvalue weighted by Gasteiger charge is -2.32. The molecule has 1 unspecified atom stereocenters. The second kappa shape index (κ2) is 5.74. The van der Waals surface area contributed by atoms with E-state index in [1.165, 1.54) is 17.1 Å². The highest BCUT2D eigenvalue weighted by Crippen LogP contribution is 2.26. The number of hydrogen-bond acceptors (Lipinski definition) is 4. The van der Waals surface area contributed by atoms with Gasteiger partial charge in [-0.25, -0.2) is 4.98 Å². The van der Waals surface area contributed by atoms with Crippen LogP contribution in [0.5, 0.6) is 0 Å². The molecule has 1 saturated heterocycles. The van der Waals surface area contributed by atoms with Crippen molar-refractivity contribution in [1.29, 1.82) is 0 Å². The molecule has 2 rings (SSSR count). The molecule has 20 heavy (non-hydrogen) atoms. The summed E-state index contributed by atoms with van der Waals surface area (Å²) >= 11 is 1.81. The number of nitrogens with zero attached hydrogens (tertiary/aromatic N) is 2. The summed E-state index contributed by atoms with van der Waals surface area (Å²) in [4.78, 5) is 7.42. The van der Waals surface area contributed by atoms with Crippen molar-refractivity contribution in [2.24, 2.45) is 0 Å². The Balaban J connectivity index is 2.09. The lowest BCUT2D eigenvalue weighted by atomic mass is 9.93. The van der Waals surface area contributed by atoms with Crippen molar-refractivity contribution in [3.8, 4) is 0 Å². The Morgan fingerprint density at radius 3 is 2.75 bits per heavy atom. The van der Waals surface area contributed by atoms with E-state index in [1.54, 1.807) is 11.3 Å². The Morgan fingerprint density at radius 1 is 1.45 bits per heavy atom. The van der Waals surface area contributed by atoms with Gasteiger partial charge in [-0.15, -0.1) is 11.3 Å². The highest BCUT2D eigenvalue weighted by Gasteiger charge is 2.28. The van der Waals surface area contributed by atoms with Crippen LogP contribution in [-0.4, -0.2) is 34.6 Å². The fraction of sp³-hybridized carbons (Fsp3) is 0.812. The van der Waals surface area contributed by atoms with Crippen LogP contribution in [0.2, 0.25) is 0 Å². The predicted molar refractivity (Wildman–Crippen MR) is 87.4 cm³/mol. The van der Waals surface area contributed by atoms with Crippen LogP contribution in [0.15, 0.2) is 5.38 Å². The summed E-state index contributed by atoms with van der Waals surface area (Å²) in [6, 6.07) is 0.617. The number of hydrogen-bond donors (Lipinski definition) is 1. The molecule has 1 aliphatic rings. The molecule has 3 nitrogen and oxygen atoms in total. The van der Waals surface area contributed by atoms with Crippen molar-refractivity contribution < 1.29 is 0 Å². The molecule has 1 aromatic rings. The first-order valence-corrected chi connectivity index (χ1v) is 8.49. The molecule has 0 amide bonds. The van der Waals surface area contributed by atoms with Gasteiger partial charge in [0.15, 0.2) is 0 Å². The van der Waals surface area contributed by atoms with E-state index in [4.69, 9.17) is 4.98 Å². The Morgan fingerprint density at radius 2 is 2.15 bits per heavy atom. The molecule has 0 aromatic carbocycles. The molecule has 1 aliphatic heterocycles. The maximum absolute atomic E-state index is 4.84. The van der Waals surface area contributed by atoms with Gasteiger partial charge in [0.05, 0.1) is 12.2 Å². The third-order valence-electron chi connectivity index (χ3n) is 4.05. The predicted octanol–water partition coefficient (Wildman–Crippen LogP) is 3.40. The summed E-state index contributed by atoms with van der Waals surface area (Å²) in [5, 5.41) is 7.11. The average Bonchev–Trinajstić information content (AvgIpc) is 2.70. The molecule has 1 fully saturated rings. The van der Waals surface area contributed by atoms with Crippen molar-refractivity contribution in [3.63, 3.8) is 0 Å². The second-order valence-electron chi connectivity index (χ2n) is 7.73. The zero-order valence-corrected chi connectivity index (χ0v) is 14.6. The third kappa shape index (κ3) is 4.03. The molecule has 0 saturated carbocycles. The topological polar surface area (TPSA) is 28.2 Å². The molecule has 2 heterocycles. The first-order valence-electron chi connectivity index (χ1n) is 7.61. The van der Waals surface area contributed by atoms with Gasteiger partial charge < -0.3 is 5.32 Å². The molecule has 0 spiro atoms. The van der Waals surface area contributed by atoms with Crippen molar-refractivity contribution in [3.05, 3.63) is 16.1 Å². The first-order chi connectivity index (χ1) is 9.17. The third-order valence-corrected chi connectivity index (χ3v) is 4.88. The smallest absolute Gasteiger partial charge is 0.107 e. The number of nitrogens with one attached hydrogen (secondary N) is 1. The van der Waals surface area contributed by atoms with Crippen molar-refractivity contribution in [2.75, 3.05) is 13.1 Å². The van der Waals surface area contributed by atoms with Crippen molar-refractivity contribution in [1.82, 2.24) is 15.2 Å². The molecule has 0 bridgehead atoms. The monoisotopic (exact) mass is 295 g/mol. The van der Waals surface area contributed by atoms with Gasteiger partial charge >= 0.3 is 0 Å². The van der Waals surface area contributed by atoms with Gasteiger partial charge in [0.25, 0.3) is 0 Å². The van der Waals surface area contributed by atoms with E-state index < -0.39 is 0 Å². The summed E-state index contributed by atoms with van der Waals surface area (Å²) in [5.74, 6) is 0. The van der Waals surface area contributed by atoms with Crippen LogP contribution < -0.4 is 5.32 Å². The standard InChI is InChI=1S/C16H29N3S/c1-12-7-8-17-16(5,6)11-19(12)9-14-18-13(10-20-14)15(2,3)4/h10,12,17H,7-9,11H2,1-6H3. The van der Waals surface area contributed by atoms with Crippen LogP contribution >= 0.6 is 11.3 Å². The van der Waals surface area contributed by atoms with Crippen LogP contribution in [0.1, 0.15) is 58.7 Å². The quantitative estimate of drug-likeness (QED) is 0.906.